The van der Waals surface area contributed by atoms with E-state index in [9.17, 15) is 9.59 Å². The highest BCUT2D eigenvalue weighted by atomic mass is 32.2. The molecule has 0 fully saturated rings. The van der Waals surface area contributed by atoms with E-state index in [1.54, 1.807) is 41.8 Å². The molecule has 3 aromatic carbocycles. The number of rotatable bonds is 7. The van der Waals surface area contributed by atoms with Crippen LogP contribution in [0.4, 0.5) is 5.69 Å². The largest absolute Gasteiger partial charge is 0.321 e. The Balaban J connectivity index is 1.73. The normalized spacial score (nSPS) is 10.9. The van der Waals surface area contributed by atoms with Gasteiger partial charge in [0, 0.05) is 22.4 Å². The number of thioether (sulfide) groups is 1. The maximum absolute atomic E-state index is 12.7. The number of nitrogens with one attached hydrogen (secondary N) is 2. The summed E-state index contributed by atoms with van der Waals surface area (Å²) in [6.07, 6.45) is 0. The minimum Gasteiger partial charge on any atom is -0.321 e. The van der Waals surface area contributed by atoms with Crippen LogP contribution in [-0.2, 0) is 10.5 Å². The molecule has 2 amide bonds. The van der Waals surface area contributed by atoms with Gasteiger partial charge in [-0.1, -0.05) is 66.7 Å². The van der Waals surface area contributed by atoms with Gasteiger partial charge >= 0.3 is 0 Å². The molecule has 3 aromatic rings. The van der Waals surface area contributed by atoms with Gasteiger partial charge in [0.1, 0.15) is 5.70 Å². The Labute approximate surface area is 168 Å². The quantitative estimate of drug-likeness (QED) is 0.570. The van der Waals surface area contributed by atoms with Crippen LogP contribution in [0.5, 0.6) is 0 Å². The number of benzene rings is 3. The minimum atomic E-state index is -0.365. The molecule has 0 unspecified atom stereocenters. The summed E-state index contributed by atoms with van der Waals surface area (Å²) in [5, 5.41) is 7.23. The predicted octanol–water partition coefficient (Wildman–Crippen LogP) is 4.83. The predicted molar refractivity (Wildman–Crippen MR) is 115 cm³/mol. The molecule has 0 spiro atoms. The van der Waals surface area contributed by atoms with E-state index in [-0.39, 0.29) is 17.5 Å². The van der Waals surface area contributed by atoms with Crippen LogP contribution in [0.15, 0.2) is 102 Å². The van der Waals surface area contributed by atoms with E-state index in [4.69, 9.17) is 0 Å². The zero-order valence-corrected chi connectivity index (χ0v) is 16.0. The van der Waals surface area contributed by atoms with E-state index >= 15 is 0 Å². The maximum atomic E-state index is 12.7. The molecule has 0 aliphatic carbocycles. The second-order valence-electron chi connectivity index (χ2n) is 5.97. The van der Waals surface area contributed by atoms with Crippen LogP contribution in [-0.4, -0.2) is 11.8 Å². The summed E-state index contributed by atoms with van der Waals surface area (Å²) in [6.45, 7) is 0. The number of para-hydroxylation sites is 1. The first-order valence-corrected chi connectivity index (χ1v) is 9.86. The van der Waals surface area contributed by atoms with Crippen LogP contribution in [0.1, 0.15) is 15.9 Å². The van der Waals surface area contributed by atoms with Crippen LogP contribution in [0, 0.1) is 0 Å². The number of carbonyl (C=O) groups is 2. The smallest absolute Gasteiger partial charge is 0.272 e. The molecule has 4 nitrogen and oxygen atoms in total. The molecule has 140 valence electrons. The lowest BCUT2D eigenvalue weighted by Crippen LogP contribution is -2.30. The standard InChI is InChI=1S/C23H20N2O2S/c26-22(19-12-6-2-7-13-19)25-21(17-28-16-18-10-4-1-5-11-18)23(27)24-20-14-8-3-9-15-20/h1-15,17H,16H2,(H,24,27)(H,25,26). The van der Waals surface area contributed by atoms with Crippen molar-refractivity contribution in [1.29, 1.82) is 0 Å². The SMILES string of the molecule is O=C(Nc1ccccc1)C(=CSCc1ccccc1)NC(=O)c1ccccc1. The maximum Gasteiger partial charge on any atom is 0.272 e. The van der Waals surface area contributed by atoms with Gasteiger partial charge in [-0.2, -0.15) is 0 Å². The summed E-state index contributed by atoms with van der Waals surface area (Å²) < 4.78 is 0. The lowest BCUT2D eigenvalue weighted by Gasteiger charge is -2.11. The third kappa shape index (κ3) is 5.86. The van der Waals surface area contributed by atoms with Gasteiger partial charge in [0.05, 0.1) is 0 Å². The van der Waals surface area contributed by atoms with E-state index in [2.05, 4.69) is 10.6 Å². The van der Waals surface area contributed by atoms with Gasteiger partial charge in [-0.25, -0.2) is 0 Å². The molecule has 0 saturated heterocycles. The minimum absolute atomic E-state index is 0.207. The zero-order chi connectivity index (χ0) is 19.6. The van der Waals surface area contributed by atoms with Gasteiger partial charge in [-0.3, -0.25) is 9.59 Å². The first kappa shape index (κ1) is 19.5. The molecule has 3 rings (SSSR count). The highest BCUT2D eigenvalue weighted by molar-refractivity contribution is 8.01. The summed E-state index contributed by atoms with van der Waals surface area (Å²) in [6, 6.07) is 27.9. The topological polar surface area (TPSA) is 58.2 Å². The van der Waals surface area contributed by atoms with Crippen molar-refractivity contribution >= 4 is 29.3 Å². The molecule has 2 N–H and O–H groups in total. The van der Waals surface area contributed by atoms with E-state index in [0.717, 1.165) is 5.56 Å². The second-order valence-corrected chi connectivity index (χ2v) is 6.83. The Morgan fingerprint density at radius 1 is 0.786 bits per heavy atom. The molecule has 0 aliphatic rings. The molecule has 0 heterocycles. The monoisotopic (exact) mass is 388 g/mol. The van der Waals surface area contributed by atoms with E-state index in [0.29, 0.717) is 17.0 Å². The Morgan fingerprint density at radius 2 is 1.36 bits per heavy atom. The Kier molecular flexibility index (Phi) is 7.04. The Morgan fingerprint density at radius 3 is 2.00 bits per heavy atom. The van der Waals surface area contributed by atoms with Crippen molar-refractivity contribution in [2.45, 2.75) is 5.75 Å². The summed E-state index contributed by atoms with van der Waals surface area (Å²) >= 11 is 1.45. The lowest BCUT2D eigenvalue weighted by molar-refractivity contribution is -0.113. The van der Waals surface area contributed by atoms with Crippen molar-refractivity contribution in [1.82, 2.24) is 5.32 Å². The summed E-state index contributed by atoms with van der Waals surface area (Å²) in [5.41, 5.74) is 2.51. The number of anilines is 1. The van der Waals surface area contributed by atoms with Crippen molar-refractivity contribution in [3.8, 4) is 0 Å². The zero-order valence-electron chi connectivity index (χ0n) is 15.2. The molecule has 0 aliphatic heterocycles. The van der Waals surface area contributed by atoms with Crippen LogP contribution < -0.4 is 10.6 Å². The van der Waals surface area contributed by atoms with E-state index in [1.165, 1.54) is 11.8 Å². The van der Waals surface area contributed by atoms with Crippen LogP contribution in [0.25, 0.3) is 0 Å². The summed E-state index contributed by atoms with van der Waals surface area (Å²) in [5.74, 6) is 0.0101. The van der Waals surface area contributed by atoms with Gasteiger partial charge < -0.3 is 10.6 Å². The number of hydrogen-bond acceptors (Lipinski definition) is 3. The van der Waals surface area contributed by atoms with Crippen LogP contribution in [0.2, 0.25) is 0 Å². The van der Waals surface area contributed by atoms with Gasteiger partial charge in [-0.05, 0) is 29.8 Å². The molecular weight excluding hydrogens is 368 g/mol. The molecule has 0 radical (unpaired) electrons. The average Bonchev–Trinajstić information content (AvgIpc) is 2.75. The molecule has 0 aromatic heterocycles. The lowest BCUT2D eigenvalue weighted by atomic mass is 10.2. The van der Waals surface area contributed by atoms with Crippen molar-refractivity contribution < 1.29 is 9.59 Å². The van der Waals surface area contributed by atoms with Gasteiger partial charge in [0.2, 0.25) is 0 Å². The van der Waals surface area contributed by atoms with Gasteiger partial charge in [0.15, 0.2) is 0 Å². The number of carbonyl (C=O) groups excluding carboxylic acids is 2. The van der Waals surface area contributed by atoms with Crippen LogP contribution >= 0.6 is 11.8 Å². The van der Waals surface area contributed by atoms with E-state index in [1.807, 2.05) is 54.6 Å². The third-order valence-corrected chi connectivity index (χ3v) is 4.76. The first-order valence-electron chi connectivity index (χ1n) is 8.81. The van der Waals surface area contributed by atoms with Gasteiger partial charge in [0.25, 0.3) is 11.8 Å². The van der Waals surface area contributed by atoms with Crippen molar-refractivity contribution in [3.63, 3.8) is 0 Å². The fraction of sp³-hybridized carbons (Fsp3) is 0.0435. The molecule has 0 bridgehead atoms. The first-order chi connectivity index (χ1) is 13.7. The molecule has 0 saturated carbocycles. The molecular formula is C23H20N2O2S. The van der Waals surface area contributed by atoms with Crippen molar-refractivity contribution in [2.24, 2.45) is 0 Å². The summed E-state index contributed by atoms with van der Waals surface area (Å²) in [4.78, 5) is 25.2. The van der Waals surface area contributed by atoms with Gasteiger partial charge in [-0.15, -0.1) is 11.8 Å². The average molecular weight is 388 g/mol. The Hall–Kier alpha value is -3.31. The second kappa shape index (κ2) is 10.1. The highest BCUT2D eigenvalue weighted by Crippen LogP contribution is 2.16. The Bertz CT molecular complexity index is 942. The third-order valence-electron chi connectivity index (χ3n) is 3.85. The summed E-state index contributed by atoms with van der Waals surface area (Å²) in [7, 11) is 0. The van der Waals surface area contributed by atoms with Crippen molar-refractivity contribution in [2.75, 3.05) is 5.32 Å². The van der Waals surface area contributed by atoms with Crippen molar-refractivity contribution in [3.05, 3.63) is 113 Å². The highest BCUT2D eigenvalue weighted by Gasteiger charge is 2.14. The molecule has 0 atom stereocenters. The van der Waals surface area contributed by atoms with E-state index < -0.39 is 0 Å². The number of hydrogen-bond donors (Lipinski definition) is 2. The van der Waals surface area contributed by atoms with Crippen LogP contribution in [0.3, 0.4) is 0 Å². The number of amides is 2. The molecule has 28 heavy (non-hydrogen) atoms. The fourth-order valence-electron chi connectivity index (χ4n) is 2.44. The fourth-order valence-corrected chi connectivity index (χ4v) is 3.24. The molecule has 5 heteroatoms.